The first kappa shape index (κ1) is 17.6. The molecule has 1 amide bonds. The monoisotopic (exact) mass is 426 g/mol. The predicted octanol–water partition coefficient (Wildman–Crippen LogP) is 4.82. The number of carbonyl (C=O) groups excluding carboxylic acids is 1. The molecule has 1 aliphatic rings. The summed E-state index contributed by atoms with van der Waals surface area (Å²) in [6.07, 6.45) is 3.81. The number of fused-ring (bicyclic) bond motifs is 1. The van der Waals surface area contributed by atoms with Crippen LogP contribution in [0.2, 0.25) is 0 Å². The highest BCUT2D eigenvalue weighted by atomic mass is 32.2. The molecule has 9 heteroatoms. The molecule has 0 bridgehead atoms. The van der Waals surface area contributed by atoms with Gasteiger partial charge in [0.05, 0.1) is 32.8 Å². The second-order valence-corrected chi connectivity index (χ2v) is 8.93. The lowest BCUT2D eigenvalue weighted by Gasteiger charge is -2.19. The molecule has 0 spiro atoms. The Bertz CT molecular complexity index is 1140. The lowest BCUT2D eigenvalue weighted by molar-refractivity contribution is -0.130. The van der Waals surface area contributed by atoms with Gasteiger partial charge in [-0.15, -0.1) is 22.7 Å². The third-order valence-electron chi connectivity index (χ3n) is 4.39. The number of amides is 1. The quantitative estimate of drug-likeness (QED) is 0.338. The molecule has 0 N–H and O–H groups in total. The molecule has 0 saturated carbocycles. The van der Waals surface area contributed by atoms with E-state index >= 15 is 0 Å². The summed E-state index contributed by atoms with van der Waals surface area (Å²) in [6.45, 7) is 0. The fraction of sp³-hybridized carbons (Fsp3) is 0.158. The fourth-order valence-electron chi connectivity index (χ4n) is 3.10. The van der Waals surface area contributed by atoms with Crippen molar-refractivity contribution in [2.24, 2.45) is 5.10 Å². The minimum Gasteiger partial charge on any atom is -0.467 e. The average Bonchev–Trinajstić information content (AvgIpc) is 3.49. The van der Waals surface area contributed by atoms with E-state index < -0.39 is 0 Å². The van der Waals surface area contributed by atoms with E-state index in [0.29, 0.717) is 6.42 Å². The largest absolute Gasteiger partial charge is 0.467 e. The van der Waals surface area contributed by atoms with Crippen LogP contribution in [-0.4, -0.2) is 32.3 Å². The zero-order valence-electron chi connectivity index (χ0n) is 14.5. The number of furan rings is 1. The zero-order chi connectivity index (χ0) is 18.9. The number of aromatic nitrogens is 2. The molecule has 1 atom stereocenters. The summed E-state index contributed by atoms with van der Waals surface area (Å²) in [5.41, 5.74) is 1.82. The molecular weight excluding hydrogens is 412 g/mol. The van der Waals surface area contributed by atoms with Crippen LogP contribution in [0.1, 0.15) is 23.1 Å². The summed E-state index contributed by atoms with van der Waals surface area (Å²) in [4.78, 5) is 22.7. The number of nitrogens with zero attached hydrogens (tertiary/aromatic N) is 4. The van der Waals surface area contributed by atoms with E-state index in [1.54, 1.807) is 33.9 Å². The van der Waals surface area contributed by atoms with Crippen LogP contribution in [0.4, 0.5) is 0 Å². The Hall–Kier alpha value is -2.49. The van der Waals surface area contributed by atoms with Crippen molar-refractivity contribution in [2.45, 2.75) is 17.5 Å². The summed E-state index contributed by atoms with van der Waals surface area (Å²) in [6, 6.07) is 9.49. The summed E-state index contributed by atoms with van der Waals surface area (Å²) in [5, 5.41) is 11.0. The third-order valence-corrected chi connectivity index (χ3v) is 7.32. The minimum absolute atomic E-state index is 0.0683. The number of hydrogen-bond donors (Lipinski definition) is 0. The van der Waals surface area contributed by atoms with Crippen LogP contribution < -0.4 is 0 Å². The van der Waals surface area contributed by atoms with Gasteiger partial charge < -0.3 is 4.42 Å². The van der Waals surface area contributed by atoms with Crippen molar-refractivity contribution in [1.82, 2.24) is 15.0 Å². The summed E-state index contributed by atoms with van der Waals surface area (Å²) >= 11 is 4.63. The van der Waals surface area contributed by atoms with Crippen molar-refractivity contribution in [3.05, 3.63) is 64.3 Å². The van der Waals surface area contributed by atoms with Crippen molar-refractivity contribution >= 4 is 56.3 Å². The van der Waals surface area contributed by atoms with Crippen LogP contribution in [-0.2, 0) is 4.79 Å². The molecule has 0 fully saturated rings. The third kappa shape index (κ3) is 3.25. The van der Waals surface area contributed by atoms with E-state index in [-0.39, 0.29) is 17.7 Å². The molecule has 1 unspecified atom stereocenters. The van der Waals surface area contributed by atoms with Crippen molar-refractivity contribution in [3.8, 4) is 0 Å². The summed E-state index contributed by atoms with van der Waals surface area (Å²) in [5.74, 6) is 0.931. The van der Waals surface area contributed by atoms with Gasteiger partial charge in [0.2, 0.25) is 0 Å². The zero-order valence-corrected chi connectivity index (χ0v) is 17.0. The first-order valence-electron chi connectivity index (χ1n) is 8.57. The normalized spacial score (nSPS) is 16.6. The first-order valence-corrected chi connectivity index (χ1v) is 11.3. The molecule has 0 aliphatic carbocycles. The molecular formula is C19H14N4O2S3. The topological polar surface area (TPSA) is 71.6 Å². The van der Waals surface area contributed by atoms with Crippen molar-refractivity contribution in [2.75, 3.05) is 5.75 Å². The smallest absolute Gasteiger partial charge is 0.253 e. The second-order valence-electron chi connectivity index (χ2n) is 6.10. The van der Waals surface area contributed by atoms with Gasteiger partial charge in [-0.25, -0.2) is 15.0 Å². The molecule has 6 nitrogen and oxygen atoms in total. The minimum atomic E-state index is -0.215. The highest BCUT2D eigenvalue weighted by molar-refractivity contribution is 8.00. The van der Waals surface area contributed by atoms with Crippen LogP contribution in [0.5, 0.6) is 0 Å². The van der Waals surface area contributed by atoms with Crippen molar-refractivity contribution in [3.63, 3.8) is 0 Å². The van der Waals surface area contributed by atoms with Gasteiger partial charge in [0.1, 0.15) is 23.2 Å². The number of carbonyl (C=O) groups is 1. The van der Waals surface area contributed by atoms with E-state index in [2.05, 4.69) is 15.1 Å². The van der Waals surface area contributed by atoms with Crippen LogP contribution in [0.25, 0.3) is 10.2 Å². The highest BCUT2D eigenvalue weighted by Crippen LogP contribution is 2.35. The van der Waals surface area contributed by atoms with Crippen LogP contribution in [0.15, 0.2) is 68.2 Å². The molecule has 5 heterocycles. The number of thioether (sulfide) groups is 1. The number of hydrazone groups is 1. The highest BCUT2D eigenvalue weighted by Gasteiger charge is 2.35. The van der Waals surface area contributed by atoms with Gasteiger partial charge in [0, 0.05) is 6.42 Å². The van der Waals surface area contributed by atoms with Gasteiger partial charge in [0.25, 0.3) is 5.91 Å². The molecule has 0 saturated heterocycles. The summed E-state index contributed by atoms with van der Waals surface area (Å²) in [7, 11) is 0. The van der Waals surface area contributed by atoms with E-state index in [1.165, 1.54) is 18.1 Å². The van der Waals surface area contributed by atoms with Crippen LogP contribution in [0.3, 0.4) is 0 Å². The van der Waals surface area contributed by atoms with Crippen molar-refractivity contribution < 1.29 is 9.21 Å². The molecule has 4 aromatic rings. The SMILES string of the molecule is O=C(CSc1ncnc2ccsc12)N1N=C(c2cccs2)CC1c1ccco1. The van der Waals surface area contributed by atoms with E-state index in [1.807, 2.05) is 41.1 Å². The Balaban J connectivity index is 1.38. The lowest BCUT2D eigenvalue weighted by Crippen LogP contribution is -2.28. The Morgan fingerprint density at radius 3 is 3.00 bits per heavy atom. The fourth-order valence-corrected chi connectivity index (χ4v) is 5.62. The molecule has 0 aromatic carbocycles. The Labute approximate surface area is 172 Å². The first-order chi connectivity index (χ1) is 13.8. The maximum absolute atomic E-state index is 13.0. The molecule has 140 valence electrons. The second kappa shape index (κ2) is 7.50. The molecule has 28 heavy (non-hydrogen) atoms. The number of hydrogen-bond acceptors (Lipinski definition) is 8. The molecule has 5 rings (SSSR count). The number of rotatable bonds is 5. The maximum atomic E-state index is 13.0. The van der Waals surface area contributed by atoms with Gasteiger partial charge in [-0.2, -0.15) is 5.10 Å². The Morgan fingerprint density at radius 2 is 2.18 bits per heavy atom. The Kier molecular flexibility index (Phi) is 4.71. The summed E-state index contributed by atoms with van der Waals surface area (Å²) < 4.78 is 6.59. The average molecular weight is 427 g/mol. The van der Waals surface area contributed by atoms with Gasteiger partial charge in [-0.3, -0.25) is 4.79 Å². The van der Waals surface area contributed by atoms with Gasteiger partial charge >= 0.3 is 0 Å². The molecule has 1 aliphatic heterocycles. The van der Waals surface area contributed by atoms with E-state index in [0.717, 1.165) is 31.6 Å². The maximum Gasteiger partial charge on any atom is 0.253 e. The van der Waals surface area contributed by atoms with Crippen molar-refractivity contribution in [1.29, 1.82) is 0 Å². The van der Waals surface area contributed by atoms with E-state index in [4.69, 9.17) is 4.42 Å². The lowest BCUT2D eigenvalue weighted by atomic mass is 10.1. The van der Waals surface area contributed by atoms with Gasteiger partial charge in [-0.1, -0.05) is 17.8 Å². The van der Waals surface area contributed by atoms with Gasteiger partial charge in [-0.05, 0) is 35.0 Å². The number of thiophene rings is 2. The van der Waals surface area contributed by atoms with E-state index in [9.17, 15) is 4.79 Å². The van der Waals surface area contributed by atoms with Crippen LogP contribution in [0, 0.1) is 0 Å². The van der Waals surface area contributed by atoms with Gasteiger partial charge in [0.15, 0.2) is 0 Å². The molecule has 0 radical (unpaired) electrons. The predicted molar refractivity (Wildman–Crippen MR) is 112 cm³/mol. The standard InChI is InChI=1S/C19H14N4O2S3/c24-17(10-28-19-18-12(5-8-27-18)20-11-21-19)23-14(15-3-1-6-25-15)9-13(22-23)16-4-2-7-26-16/h1-8,11,14H,9-10H2. The molecule has 4 aromatic heterocycles. The van der Waals surface area contributed by atoms with Crippen LogP contribution >= 0.6 is 34.4 Å². The Morgan fingerprint density at radius 1 is 1.21 bits per heavy atom.